The number of hydrogen-bond donors (Lipinski definition) is 2. The van der Waals surface area contributed by atoms with Crippen molar-refractivity contribution in [2.24, 2.45) is 0 Å². The van der Waals surface area contributed by atoms with Gasteiger partial charge in [-0.2, -0.15) is 0 Å². The molecule has 0 spiro atoms. The minimum Gasteiger partial charge on any atom is -0.391 e. The summed E-state index contributed by atoms with van der Waals surface area (Å²) >= 11 is 0. The van der Waals surface area contributed by atoms with Crippen molar-refractivity contribution in [3.8, 4) is 0 Å². The molecule has 0 aromatic heterocycles. The highest BCUT2D eigenvalue weighted by Gasteiger charge is 1.87. The second kappa shape index (κ2) is 10.3. The lowest BCUT2D eigenvalue weighted by Gasteiger charge is -2.03. The molecular formula is C12H24N2. The van der Waals surface area contributed by atoms with Crippen LogP contribution in [0.2, 0.25) is 0 Å². The van der Waals surface area contributed by atoms with Crippen LogP contribution >= 0.6 is 0 Å². The first-order chi connectivity index (χ1) is 6.81. The number of rotatable bonds is 9. The van der Waals surface area contributed by atoms with Crippen molar-refractivity contribution in [3.63, 3.8) is 0 Å². The van der Waals surface area contributed by atoms with Gasteiger partial charge in [-0.25, -0.2) is 0 Å². The Morgan fingerprint density at radius 1 is 1.21 bits per heavy atom. The first kappa shape index (κ1) is 13.2. The fourth-order valence-corrected chi connectivity index (χ4v) is 1.07. The Kier molecular flexibility index (Phi) is 9.76. The average Bonchev–Trinajstić information content (AvgIpc) is 2.21. The molecule has 2 N–H and O–H groups in total. The van der Waals surface area contributed by atoms with Gasteiger partial charge in [-0.1, -0.05) is 19.6 Å². The smallest absolute Gasteiger partial charge is 0.0142 e. The molecule has 82 valence electrons. The minimum atomic E-state index is 1.05. The third kappa shape index (κ3) is 9.33. The van der Waals surface area contributed by atoms with E-state index >= 15 is 0 Å². The Balaban J connectivity index is 3.10. The second-order valence-corrected chi connectivity index (χ2v) is 3.50. The zero-order chi connectivity index (χ0) is 10.6. The molecule has 0 aliphatic rings. The van der Waals surface area contributed by atoms with Crippen LogP contribution in [-0.4, -0.2) is 19.6 Å². The second-order valence-electron chi connectivity index (χ2n) is 3.50. The molecule has 0 atom stereocenters. The van der Waals surface area contributed by atoms with Crippen molar-refractivity contribution in [1.82, 2.24) is 10.6 Å². The highest BCUT2D eigenvalue weighted by molar-refractivity contribution is 5.11. The third-order valence-electron chi connectivity index (χ3n) is 2.00. The maximum absolute atomic E-state index is 3.69. The number of allylic oxidation sites excluding steroid dienone is 2. The zero-order valence-electron chi connectivity index (χ0n) is 9.60. The zero-order valence-corrected chi connectivity index (χ0v) is 9.60. The van der Waals surface area contributed by atoms with E-state index in [0.29, 0.717) is 0 Å². The van der Waals surface area contributed by atoms with Gasteiger partial charge >= 0.3 is 0 Å². The molecule has 14 heavy (non-hydrogen) atoms. The monoisotopic (exact) mass is 196 g/mol. The topological polar surface area (TPSA) is 24.1 Å². The normalized spacial score (nSPS) is 11.4. The molecule has 0 bridgehead atoms. The fourth-order valence-electron chi connectivity index (χ4n) is 1.07. The van der Waals surface area contributed by atoms with E-state index in [1.165, 1.54) is 24.8 Å². The predicted molar refractivity (Wildman–Crippen MR) is 64.4 cm³/mol. The maximum atomic E-state index is 3.69. The molecule has 0 aliphatic carbocycles. The van der Waals surface area contributed by atoms with Gasteiger partial charge in [-0.15, -0.1) is 0 Å². The van der Waals surface area contributed by atoms with Gasteiger partial charge in [0.05, 0.1) is 0 Å². The van der Waals surface area contributed by atoms with Crippen LogP contribution in [0.4, 0.5) is 0 Å². The molecule has 0 unspecified atom stereocenters. The van der Waals surface area contributed by atoms with E-state index in [0.717, 1.165) is 19.6 Å². The molecule has 2 heteroatoms. The summed E-state index contributed by atoms with van der Waals surface area (Å²) in [5.74, 6) is 0. The fraction of sp³-hybridized carbons (Fsp3) is 0.667. The lowest BCUT2D eigenvalue weighted by molar-refractivity contribution is 0.607. The highest BCUT2D eigenvalue weighted by atomic mass is 14.8. The van der Waals surface area contributed by atoms with Crippen molar-refractivity contribution in [2.75, 3.05) is 19.6 Å². The van der Waals surface area contributed by atoms with Crippen LogP contribution in [0.1, 0.15) is 33.1 Å². The summed E-state index contributed by atoms with van der Waals surface area (Å²) < 4.78 is 0. The third-order valence-corrected chi connectivity index (χ3v) is 2.00. The van der Waals surface area contributed by atoms with Crippen LogP contribution in [0.15, 0.2) is 24.4 Å². The summed E-state index contributed by atoms with van der Waals surface area (Å²) in [6.07, 6.45) is 7.56. The standard InChI is InChI=1S/C12H24N2/c1-4-8-13-9-6-7-10-14-11-12(3)5-2/h5,11,13-14H,2,4,6-10H2,1,3H3/b12-11-. The van der Waals surface area contributed by atoms with Gasteiger partial charge < -0.3 is 10.6 Å². The van der Waals surface area contributed by atoms with Gasteiger partial charge in [0.2, 0.25) is 0 Å². The van der Waals surface area contributed by atoms with Crippen molar-refractivity contribution >= 4 is 0 Å². The lowest BCUT2D eigenvalue weighted by Crippen LogP contribution is -2.17. The summed E-state index contributed by atoms with van der Waals surface area (Å²) in [7, 11) is 0. The number of nitrogens with one attached hydrogen (secondary N) is 2. The summed E-state index contributed by atoms with van der Waals surface area (Å²) in [5.41, 5.74) is 1.19. The molecular weight excluding hydrogens is 172 g/mol. The first-order valence-corrected chi connectivity index (χ1v) is 5.54. The molecule has 0 rings (SSSR count). The van der Waals surface area contributed by atoms with E-state index in [1.807, 2.05) is 19.2 Å². The van der Waals surface area contributed by atoms with E-state index in [1.54, 1.807) is 0 Å². The Labute approximate surface area is 88.5 Å². The van der Waals surface area contributed by atoms with Gasteiger partial charge in [0.15, 0.2) is 0 Å². The first-order valence-electron chi connectivity index (χ1n) is 5.54. The Hall–Kier alpha value is -0.760. The minimum absolute atomic E-state index is 1.05. The van der Waals surface area contributed by atoms with Crippen molar-refractivity contribution in [1.29, 1.82) is 0 Å². The molecule has 0 radical (unpaired) electrons. The summed E-state index contributed by atoms with van der Waals surface area (Å²) in [5, 5.41) is 6.65. The summed E-state index contributed by atoms with van der Waals surface area (Å²) in [6, 6.07) is 0. The summed E-state index contributed by atoms with van der Waals surface area (Å²) in [6.45, 7) is 11.3. The van der Waals surface area contributed by atoms with E-state index in [9.17, 15) is 0 Å². The van der Waals surface area contributed by atoms with Gasteiger partial charge in [0.25, 0.3) is 0 Å². The highest BCUT2D eigenvalue weighted by Crippen LogP contribution is 1.90. The Bertz CT molecular complexity index is 162. The molecule has 2 nitrogen and oxygen atoms in total. The molecule has 0 saturated carbocycles. The van der Waals surface area contributed by atoms with Crippen molar-refractivity contribution < 1.29 is 0 Å². The van der Waals surface area contributed by atoms with E-state index in [-0.39, 0.29) is 0 Å². The van der Waals surface area contributed by atoms with Crippen LogP contribution in [0, 0.1) is 0 Å². The lowest BCUT2D eigenvalue weighted by atomic mass is 10.3. The molecule has 0 amide bonds. The van der Waals surface area contributed by atoms with E-state index in [4.69, 9.17) is 0 Å². The number of unbranched alkanes of at least 4 members (excludes halogenated alkanes) is 1. The molecule has 0 aromatic carbocycles. The maximum Gasteiger partial charge on any atom is 0.0142 e. The van der Waals surface area contributed by atoms with Crippen LogP contribution in [0.5, 0.6) is 0 Å². The molecule has 0 saturated heterocycles. The molecule has 0 aliphatic heterocycles. The SMILES string of the molecule is C=C/C(C)=C\NCCCCNCCC. The van der Waals surface area contributed by atoms with Gasteiger partial charge in [0, 0.05) is 6.54 Å². The van der Waals surface area contributed by atoms with Crippen LogP contribution in [0.25, 0.3) is 0 Å². The van der Waals surface area contributed by atoms with Crippen molar-refractivity contribution in [3.05, 3.63) is 24.4 Å². The van der Waals surface area contributed by atoms with Crippen LogP contribution < -0.4 is 10.6 Å². The van der Waals surface area contributed by atoms with E-state index < -0.39 is 0 Å². The largest absolute Gasteiger partial charge is 0.391 e. The predicted octanol–water partition coefficient (Wildman–Crippen LogP) is 2.45. The average molecular weight is 196 g/mol. The molecule has 0 heterocycles. The molecule has 0 aromatic rings. The number of hydrogen-bond acceptors (Lipinski definition) is 2. The van der Waals surface area contributed by atoms with Crippen LogP contribution in [0.3, 0.4) is 0 Å². The Morgan fingerprint density at radius 2 is 1.93 bits per heavy atom. The van der Waals surface area contributed by atoms with Gasteiger partial charge in [-0.3, -0.25) is 0 Å². The van der Waals surface area contributed by atoms with Gasteiger partial charge in [-0.05, 0) is 51.0 Å². The molecule has 0 fully saturated rings. The van der Waals surface area contributed by atoms with Crippen LogP contribution in [-0.2, 0) is 0 Å². The quantitative estimate of drug-likeness (QED) is 0.437. The Morgan fingerprint density at radius 3 is 2.57 bits per heavy atom. The van der Waals surface area contributed by atoms with Crippen molar-refractivity contribution in [2.45, 2.75) is 33.1 Å². The van der Waals surface area contributed by atoms with Gasteiger partial charge in [0.1, 0.15) is 0 Å². The van der Waals surface area contributed by atoms with E-state index in [2.05, 4.69) is 24.1 Å². The summed E-state index contributed by atoms with van der Waals surface area (Å²) in [4.78, 5) is 0.